The van der Waals surface area contributed by atoms with Gasteiger partial charge in [0.1, 0.15) is 11.5 Å². The number of hydrazone groups is 1. The Morgan fingerprint density at radius 2 is 1.80 bits per heavy atom. The van der Waals surface area contributed by atoms with Crippen molar-refractivity contribution < 1.29 is 14.3 Å². The van der Waals surface area contributed by atoms with Crippen LogP contribution in [0, 0.1) is 13.8 Å². The van der Waals surface area contributed by atoms with Crippen molar-refractivity contribution in [3.63, 3.8) is 0 Å². The summed E-state index contributed by atoms with van der Waals surface area (Å²) in [6, 6.07) is 11.3. The number of aryl methyl sites for hydroxylation is 2. The van der Waals surface area contributed by atoms with E-state index in [9.17, 15) is 4.79 Å². The van der Waals surface area contributed by atoms with Gasteiger partial charge in [-0.2, -0.15) is 5.10 Å². The summed E-state index contributed by atoms with van der Waals surface area (Å²) in [4.78, 5) is 11.9. The molecule has 0 saturated carbocycles. The van der Waals surface area contributed by atoms with E-state index in [1.807, 2.05) is 57.2 Å². The van der Waals surface area contributed by atoms with E-state index < -0.39 is 0 Å². The Hall–Kier alpha value is -2.34. The molecule has 2 aromatic carbocycles. The topological polar surface area (TPSA) is 59.9 Å². The molecular weight excluding hydrogens is 384 g/mol. The van der Waals surface area contributed by atoms with E-state index in [1.54, 1.807) is 6.21 Å². The second-order valence-corrected chi connectivity index (χ2v) is 6.37. The standard InChI is InChI=1S/C19H21BrN2O3/c1-4-24-17-7-5-15(6-8-17)11-21-22-18(23)12-25-19-13(2)9-16(20)10-14(19)3/h5-11H,4,12H2,1-3H3,(H,22,23)/b21-11+. The smallest absolute Gasteiger partial charge is 0.277 e. The SMILES string of the molecule is CCOc1ccc(/C=N/NC(=O)COc2c(C)cc(Br)cc2C)cc1. The highest BCUT2D eigenvalue weighted by Crippen LogP contribution is 2.27. The molecular formula is C19H21BrN2O3. The van der Waals surface area contributed by atoms with Crippen molar-refractivity contribution in [2.24, 2.45) is 5.10 Å². The summed E-state index contributed by atoms with van der Waals surface area (Å²) in [5, 5.41) is 3.94. The lowest BCUT2D eigenvalue weighted by Crippen LogP contribution is -2.25. The number of ether oxygens (including phenoxy) is 2. The van der Waals surface area contributed by atoms with Gasteiger partial charge in [-0.25, -0.2) is 5.43 Å². The number of hydrogen-bond donors (Lipinski definition) is 1. The van der Waals surface area contributed by atoms with Crippen molar-refractivity contribution in [3.05, 3.63) is 57.6 Å². The summed E-state index contributed by atoms with van der Waals surface area (Å²) in [5.41, 5.74) is 5.26. The average molecular weight is 405 g/mol. The van der Waals surface area contributed by atoms with Crippen molar-refractivity contribution in [1.82, 2.24) is 5.43 Å². The number of benzene rings is 2. The van der Waals surface area contributed by atoms with Gasteiger partial charge in [0.2, 0.25) is 0 Å². The summed E-state index contributed by atoms with van der Waals surface area (Å²) < 4.78 is 12.0. The molecule has 0 bridgehead atoms. The van der Waals surface area contributed by atoms with Crippen LogP contribution < -0.4 is 14.9 Å². The molecule has 0 heterocycles. The highest BCUT2D eigenvalue weighted by Gasteiger charge is 2.08. The molecule has 0 saturated heterocycles. The van der Waals surface area contributed by atoms with Crippen LogP contribution in [-0.2, 0) is 4.79 Å². The Bertz CT molecular complexity index is 735. The van der Waals surface area contributed by atoms with Crippen LogP contribution in [0.25, 0.3) is 0 Å². The Morgan fingerprint density at radius 3 is 2.40 bits per heavy atom. The monoisotopic (exact) mass is 404 g/mol. The van der Waals surface area contributed by atoms with E-state index in [0.717, 1.165) is 26.9 Å². The maximum absolute atomic E-state index is 11.9. The molecule has 0 fully saturated rings. The number of nitrogens with one attached hydrogen (secondary N) is 1. The number of rotatable bonds is 7. The zero-order chi connectivity index (χ0) is 18.2. The Kier molecular flexibility index (Phi) is 7.01. The van der Waals surface area contributed by atoms with Crippen LogP contribution in [0.4, 0.5) is 0 Å². The van der Waals surface area contributed by atoms with Crippen LogP contribution in [0.5, 0.6) is 11.5 Å². The van der Waals surface area contributed by atoms with Gasteiger partial charge in [0.25, 0.3) is 5.91 Å². The van der Waals surface area contributed by atoms with E-state index in [1.165, 1.54) is 0 Å². The predicted octanol–water partition coefficient (Wildman–Crippen LogP) is 3.99. The highest BCUT2D eigenvalue weighted by molar-refractivity contribution is 9.10. The van der Waals surface area contributed by atoms with Crippen LogP contribution in [0.2, 0.25) is 0 Å². The second kappa shape index (κ2) is 9.22. The molecule has 0 spiro atoms. The van der Waals surface area contributed by atoms with Crippen LogP contribution in [0.15, 0.2) is 46.0 Å². The fraction of sp³-hybridized carbons (Fsp3) is 0.263. The van der Waals surface area contributed by atoms with Gasteiger partial charge in [-0.3, -0.25) is 4.79 Å². The summed E-state index contributed by atoms with van der Waals surface area (Å²) in [7, 11) is 0. The van der Waals surface area contributed by atoms with Gasteiger partial charge in [0.15, 0.2) is 6.61 Å². The van der Waals surface area contributed by atoms with Gasteiger partial charge in [0, 0.05) is 4.47 Å². The normalized spacial score (nSPS) is 10.7. The second-order valence-electron chi connectivity index (χ2n) is 5.45. The van der Waals surface area contributed by atoms with Gasteiger partial charge < -0.3 is 9.47 Å². The molecule has 0 radical (unpaired) electrons. The van der Waals surface area contributed by atoms with Crippen molar-refractivity contribution in [2.45, 2.75) is 20.8 Å². The zero-order valence-electron chi connectivity index (χ0n) is 14.5. The number of nitrogens with zero attached hydrogens (tertiary/aromatic N) is 1. The third kappa shape index (κ3) is 5.90. The Labute approximate surface area is 156 Å². The minimum Gasteiger partial charge on any atom is -0.494 e. The predicted molar refractivity (Wildman–Crippen MR) is 102 cm³/mol. The first-order valence-electron chi connectivity index (χ1n) is 7.94. The van der Waals surface area contributed by atoms with E-state index in [0.29, 0.717) is 12.4 Å². The molecule has 1 amide bonds. The van der Waals surface area contributed by atoms with E-state index in [4.69, 9.17) is 9.47 Å². The van der Waals surface area contributed by atoms with E-state index in [2.05, 4.69) is 26.5 Å². The minimum absolute atomic E-state index is 0.0933. The summed E-state index contributed by atoms with van der Waals surface area (Å²) in [6.07, 6.45) is 1.57. The Morgan fingerprint density at radius 1 is 1.16 bits per heavy atom. The molecule has 0 aliphatic heterocycles. The van der Waals surface area contributed by atoms with Crippen LogP contribution >= 0.6 is 15.9 Å². The highest BCUT2D eigenvalue weighted by atomic mass is 79.9. The average Bonchev–Trinajstić information content (AvgIpc) is 2.56. The molecule has 0 atom stereocenters. The molecule has 0 unspecified atom stereocenters. The van der Waals surface area contributed by atoms with Crippen LogP contribution in [-0.4, -0.2) is 25.3 Å². The first-order chi connectivity index (χ1) is 12.0. The molecule has 0 aliphatic carbocycles. The largest absolute Gasteiger partial charge is 0.494 e. The van der Waals surface area contributed by atoms with Crippen molar-refractivity contribution in [2.75, 3.05) is 13.2 Å². The number of carbonyl (C=O) groups excluding carboxylic acids is 1. The number of hydrogen-bond acceptors (Lipinski definition) is 4. The van der Waals surface area contributed by atoms with Crippen molar-refractivity contribution >= 4 is 28.1 Å². The van der Waals surface area contributed by atoms with E-state index in [-0.39, 0.29) is 12.5 Å². The number of carbonyl (C=O) groups is 1. The third-order valence-electron chi connectivity index (χ3n) is 3.37. The maximum Gasteiger partial charge on any atom is 0.277 e. The van der Waals surface area contributed by atoms with Crippen molar-refractivity contribution in [1.29, 1.82) is 0 Å². The molecule has 25 heavy (non-hydrogen) atoms. The van der Waals surface area contributed by atoms with E-state index >= 15 is 0 Å². The molecule has 132 valence electrons. The van der Waals surface area contributed by atoms with Gasteiger partial charge in [-0.05, 0) is 73.9 Å². The fourth-order valence-corrected chi connectivity index (χ4v) is 2.98. The van der Waals surface area contributed by atoms with Crippen LogP contribution in [0.3, 0.4) is 0 Å². The molecule has 6 heteroatoms. The van der Waals surface area contributed by atoms with Gasteiger partial charge >= 0.3 is 0 Å². The lowest BCUT2D eigenvalue weighted by molar-refractivity contribution is -0.123. The minimum atomic E-state index is -0.316. The molecule has 0 aliphatic rings. The molecule has 2 aromatic rings. The molecule has 2 rings (SSSR count). The third-order valence-corrected chi connectivity index (χ3v) is 3.82. The summed E-state index contributed by atoms with van der Waals surface area (Å²) >= 11 is 3.43. The summed E-state index contributed by atoms with van der Waals surface area (Å²) in [6.45, 7) is 6.35. The lowest BCUT2D eigenvalue weighted by Gasteiger charge is -2.11. The number of halogens is 1. The molecule has 1 N–H and O–H groups in total. The maximum atomic E-state index is 11.9. The first kappa shape index (κ1) is 19.0. The quantitative estimate of drug-likeness (QED) is 0.560. The van der Waals surface area contributed by atoms with Gasteiger partial charge in [-0.15, -0.1) is 0 Å². The lowest BCUT2D eigenvalue weighted by atomic mass is 10.1. The van der Waals surface area contributed by atoms with Gasteiger partial charge in [-0.1, -0.05) is 15.9 Å². The molecule has 5 nitrogen and oxygen atoms in total. The Balaban J connectivity index is 1.84. The fourth-order valence-electron chi connectivity index (χ4n) is 2.29. The van der Waals surface area contributed by atoms with Crippen LogP contribution in [0.1, 0.15) is 23.6 Å². The molecule has 0 aromatic heterocycles. The van der Waals surface area contributed by atoms with Crippen molar-refractivity contribution in [3.8, 4) is 11.5 Å². The van der Waals surface area contributed by atoms with Gasteiger partial charge in [0.05, 0.1) is 12.8 Å². The zero-order valence-corrected chi connectivity index (χ0v) is 16.1. The first-order valence-corrected chi connectivity index (χ1v) is 8.73. The number of amides is 1. The summed E-state index contributed by atoms with van der Waals surface area (Å²) in [5.74, 6) is 1.20.